The molecule has 2 rings (SSSR count). The van der Waals surface area contributed by atoms with Gasteiger partial charge in [0.2, 0.25) is 11.6 Å². The minimum atomic E-state index is -0.997. The van der Waals surface area contributed by atoms with Gasteiger partial charge < -0.3 is 14.2 Å². The Kier molecular flexibility index (Phi) is 7.35. The predicted molar refractivity (Wildman–Crippen MR) is 89.3 cm³/mol. The number of allylic oxidation sites excluding steroid dienone is 2. The molecule has 1 aliphatic heterocycles. The highest BCUT2D eigenvalue weighted by molar-refractivity contribution is 5.35. The minimum absolute atomic E-state index is 0.0685. The van der Waals surface area contributed by atoms with E-state index in [1.165, 1.54) is 12.1 Å². The molecule has 1 heterocycles. The summed E-state index contributed by atoms with van der Waals surface area (Å²) >= 11 is 0. The van der Waals surface area contributed by atoms with Crippen molar-refractivity contribution in [1.29, 1.82) is 0 Å². The third kappa shape index (κ3) is 5.11. The van der Waals surface area contributed by atoms with Gasteiger partial charge in [-0.2, -0.15) is 8.78 Å². The van der Waals surface area contributed by atoms with Gasteiger partial charge in [0.05, 0.1) is 25.6 Å². The first kappa shape index (κ1) is 18.6. The molecule has 0 saturated carbocycles. The van der Waals surface area contributed by atoms with Gasteiger partial charge >= 0.3 is 0 Å². The molecule has 0 N–H and O–H groups in total. The van der Waals surface area contributed by atoms with Crippen LogP contribution in [0.3, 0.4) is 0 Å². The number of halogens is 2. The molecule has 5 heteroatoms. The van der Waals surface area contributed by atoms with Crippen LogP contribution in [0, 0.1) is 17.6 Å². The van der Waals surface area contributed by atoms with Crippen molar-refractivity contribution in [2.75, 3.05) is 19.8 Å². The molecule has 0 radical (unpaired) electrons. The van der Waals surface area contributed by atoms with E-state index in [-0.39, 0.29) is 18.1 Å². The first-order chi connectivity index (χ1) is 11.7. The Morgan fingerprint density at radius 2 is 1.83 bits per heavy atom. The lowest BCUT2D eigenvalue weighted by atomic mass is 9.98. The number of hydrogen-bond acceptors (Lipinski definition) is 3. The fourth-order valence-electron chi connectivity index (χ4n) is 2.72. The molecule has 1 aromatic rings. The molecule has 0 fully saturated rings. The molecule has 0 spiro atoms. The van der Waals surface area contributed by atoms with E-state index in [1.807, 2.05) is 0 Å². The van der Waals surface area contributed by atoms with Crippen molar-refractivity contribution in [2.45, 2.75) is 46.0 Å². The topological polar surface area (TPSA) is 27.7 Å². The predicted octanol–water partition coefficient (Wildman–Crippen LogP) is 5.24. The van der Waals surface area contributed by atoms with Crippen LogP contribution in [-0.4, -0.2) is 19.8 Å². The highest BCUT2D eigenvalue weighted by atomic mass is 19.2. The summed E-state index contributed by atoms with van der Waals surface area (Å²) in [5.41, 5.74) is 0. The Balaban J connectivity index is 1.74. The average molecular weight is 340 g/mol. The molecular formula is C19H26F2O3. The van der Waals surface area contributed by atoms with E-state index < -0.39 is 11.6 Å². The second-order valence-corrected chi connectivity index (χ2v) is 5.95. The summed E-state index contributed by atoms with van der Waals surface area (Å²) in [5.74, 6) is -0.580. The van der Waals surface area contributed by atoms with E-state index in [1.54, 1.807) is 6.92 Å². The van der Waals surface area contributed by atoms with Crippen molar-refractivity contribution in [1.82, 2.24) is 0 Å². The normalized spacial score (nSPS) is 17.2. The molecule has 24 heavy (non-hydrogen) atoms. The van der Waals surface area contributed by atoms with Crippen LogP contribution in [0.4, 0.5) is 8.78 Å². The summed E-state index contributed by atoms with van der Waals surface area (Å²) in [5, 5.41) is 0. The first-order valence-electron chi connectivity index (χ1n) is 8.71. The second-order valence-electron chi connectivity index (χ2n) is 5.95. The van der Waals surface area contributed by atoms with Gasteiger partial charge in [-0.3, -0.25) is 0 Å². The summed E-state index contributed by atoms with van der Waals surface area (Å²) in [7, 11) is 0. The molecule has 0 amide bonds. The van der Waals surface area contributed by atoms with Crippen molar-refractivity contribution >= 4 is 0 Å². The lowest BCUT2D eigenvalue weighted by Gasteiger charge is -2.23. The Bertz CT molecular complexity index is 558. The van der Waals surface area contributed by atoms with Crippen LogP contribution in [0.1, 0.15) is 46.0 Å². The summed E-state index contributed by atoms with van der Waals surface area (Å²) in [4.78, 5) is 0. The van der Waals surface area contributed by atoms with Crippen LogP contribution in [0.5, 0.6) is 11.5 Å². The van der Waals surface area contributed by atoms with Crippen LogP contribution < -0.4 is 9.47 Å². The molecule has 1 atom stereocenters. The van der Waals surface area contributed by atoms with Crippen LogP contribution in [0.25, 0.3) is 0 Å². The summed E-state index contributed by atoms with van der Waals surface area (Å²) in [6.45, 7) is 5.23. The molecule has 0 aliphatic carbocycles. The molecule has 1 aliphatic rings. The maximum Gasteiger partial charge on any atom is 0.204 e. The maximum atomic E-state index is 13.9. The van der Waals surface area contributed by atoms with Crippen LogP contribution in [0.2, 0.25) is 0 Å². The average Bonchev–Trinajstić information content (AvgIpc) is 2.59. The lowest BCUT2D eigenvalue weighted by molar-refractivity contribution is 0.129. The Morgan fingerprint density at radius 1 is 1.12 bits per heavy atom. The molecule has 0 bridgehead atoms. The Morgan fingerprint density at radius 3 is 2.42 bits per heavy atom. The molecule has 0 aromatic heterocycles. The Labute approximate surface area is 142 Å². The van der Waals surface area contributed by atoms with E-state index in [0.717, 1.165) is 44.5 Å². The van der Waals surface area contributed by atoms with Crippen molar-refractivity contribution < 1.29 is 23.0 Å². The molecule has 0 saturated heterocycles. The standard InChI is InChI=1S/C19H26F2O3/c1-3-6-15-9-8-14(13-24-15)7-5-12-23-17-11-10-16(22-4-2)18(20)19(17)21/h9-11,14H,3-8,12-13H2,1-2H3. The van der Waals surface area contributed by atoms with Crippen molar-refractivity contribution in [3.05, 3.63) is 35.6 Å². The van der Waals surface area contributed by atoms with Crippen LogP contribution in [-0.2, 0) is 4.74 Å². The van der Waals surface area contributed by atoms with E-state index in [9.17, 15) is 8.78 Å². The molecule has 3 nitrogen and oxygen atoms in total. The number of benzene rings is 1. The van der Waals surface area contributed by atoms with Gasteiger partial charge in [-0.15, -0.1) is 0 Å². The van der Waals surface area contributed by atoms with Gasteiger partial charge in [0, 0.05) is 6.42 Å². The lowest BCUT2D eigenvalue weighted by Crippen LogP contribution is -2.15. The highest BCUT2D eigenvalue weighted by Gasteiger charge is 2.17. The van der Waals surface area contributed by atoms with Gasteiger partial charge in [0.15, 0.2) is 11.5 Å². The fraction of sp³-hybridized carbons (Fsp3) is 0.579. The zero-order chi connectivity index (χ0) is 17.4. The summed E-state index contributed by atoms with van der Waals surface area (Å²) < 4.78 is 43.7. The molecule has 1 unspecified atom stereocenters. The molecule has 1 aromatic carbocycles. The smallest absolute Gasteiger partial charge is 0.204 e. The summed E-state index contributed by atoms with van der Waals surface area (Å²) in [6.07, 6.45) is 6.99. The Hall–Kier alpha value is -1.78. The largest absolute Gasteiger partial charge is 0.498 e. The van der Waals surface area contributed by atoms with E-state index in [2.05, 4.69) is 13.0 Å². The van der Waals surface area contributed by atoms with Gasteiger partial charge in [0.25, 0.3) is 0 Å². The number of hydrogen-bond donors (Lipinski definition) is 0. The SMILES string of the molecule is CCCC1=CCC(CCCOc2ccc(OCC)c(F)c2F)CO1. The van der Waals surface area contributed by atoms with Crippen LogP contribution in [0.15, 0.2) is 24.0 Å². The van der Waals surface area contributed by atoms with E-state index >= 15 is 0 Å². The van der Waals surface area contributed by atoms with Crippen molar-refractivity contribution in [3.8, 4) is 11.5 Å². The third-order valence-electron chi connectivity index (χ3n) is 4.01. The minimum Gasteiger partial charge on any atom is -0.498 e. The van der Waals surface area contributed by atoms with Crippen molar-refractivity contribution in [3.63, 3.8) is 0 Å². The first-order valence-corrected chi connectivity index (χ1v) is 8.71. The number of ether oxygens (including phenoxy) is 3. The van der Waals surface area contributed by atoms with Gasteiger partial charge in [-0.05, 0) is 56.7 Å². The van der Waals surface area contributed by atoms with Crippen LogP contribution >= 0.6 is 0 Å². The van der Waals surface area contributed by atoms with Gasteiger partial charge in [0.1, 0.15) is 0 Å². The molecule has 134 valence electrons. The van der Waals surface area contributed by atoms with Crippen molar-refractivity contribution in [2.24, 2.45) is 5.92 Å². The second kappa shape index (κ2) is 9.50. The van der Waals surface area contributed by atoms with E-state index in [4.69, 9.17) is 14.2 Å². The monoisotopic (exact) mass is 340 g/mol. The van der Waals surface area contributed by atoms with Gasteiger partial charge in [-0.1, -0.05) is 6.92 Å². The van der Waals surface area contributed by atoms with E-state index in [0.29, 0.717) is 12.5 Å². The maximum absolute atomic E-state index is 13.9. The highest BCUT2D eigenvalue weighted by Crippen LogP contribution is 2.28. The summed E-state index contributed by atoms with van der Waals surface area (Å²) in [6, 6.07) is 2.80. The number of rotatable bonds is 9. The molecular weight excluding hydrogens is 314 g/mol. The third-order valence-corrected chi connectivity index (χ3v) is 4.01. The van der Waals surface area contributed by atoms with Gasteiger partial charge in [-0.25, -0.2) is 0 Å². The zero-order valence-electron chi connectivity index (χ0n) is 14.4. The fourth-order valence-corrected chi connectivity index (χ4v) is 2.72. The quantitative estimate of drug-likeness (QED) is 0.575. The zero-order valence-corrected chi connectivity index (χ0v) is 14.4.